The largest absolute Gasteiger partial charge is 0.328 e. The number of fused-ring (bicyclic) bond motifs is 1. The molecule has 90 valence electrons. The van der Waals surface area contributed by atoms with Gasteiger partial charge in [0, 0.05) is 23.7 Å². The summed E-state index contributed by atoms with van der Waals surface area (Å²) in [6, 6.07) is 3.31. The third-order valence-electron chi connectivity index (χ3n) is 2.35. The molecular weight excluding hydrogens is 258 g/mol. The molecule has 17 heavy (non-hydrogen) atoms. The van der Waals surface area contributed by atoms with Gasteiger partial charge in [-0.15, -0.1) is 0 Å². The van der Waals surface area contributed by atoms with Gasteiger partial charge in [0.1, 0.15) is 0 Å². The normalized spacial score (nSPS) is 12.8. The molecule has 2 aromatic heterocycles. The van der Waals surface area contributed by atoms with Crippen molar-refractivity contribution >= 4 is 36.3 Å². The van der Waals surface area contributed by atoms with Gasteiger partial charge in [0.05, 0.1) is 5.52 Å². The van der Waals surface area contributed by atoms with Crippen LogP contribution in [0.2, 0.25) is 0 Å². The number of hydrogen-bond donors (Lipinski definition) is 3. The second-order valence-electron chi connectivity index (χ2n) is 3.58. The zero-order chi connectivity index (χ0) is 12.4. The summed E-state index contributed by atoms with van der Waals surface area (Å²) in [5.74, 6) is 0.481. The van der Waals surface area contributed by atoms with E-state index in [9.17, 15) is 9.59 Å². The fourth-order valence-electron chi connectivity index (χ4n) is 1.51. The van der Waals surface area contributed by atoms with Crippen LogP contribution in [0.25, 0.3) is 11.0 Å². The van der Waals surface area contributed by atoms with E-state index in [1.165, 1.54) is 6.20 Å². The maximum atomic E-state index is 12.0. The number of H-pyrrole nitrogens is 1. The monoisotopic (exact) mass is 269 g/mol. The van der Waals surface area contributed by atoms with Crippen molar-refractivity contribution in [2.45, 2.75) is 11.8 Å². The van der Waals surface area contributed by atoms with E-state index < -0.39 is 11.2 Å². The van der Waals surface area contributed by atoms with E-state index in [4.69, 9.17) is 0 Å². The second kappa shape index (κ2) is 4.97. The molecule has 0 saturated heterocycles. The summed E-state index contributed by atoms with van der Waals surface area (Å²) in [6.07, 6.45) is 1.52. The van der Waals surface area contributed by atoms with Crippen molar-refractivity contribution in [1.29, 1.82) is 0 Å². The molecule has 0 saturated carbocycles. The molecule has 0 bridgehead atoms. The van der Waals surface area contributed by atoms with Crippen molar-refractivity contribution in [1.82, 2.24) is 14.5 Å². The standard InChI is InChI=1S/C10H11N3O2S2/c14-9-8-7(2-1-3-11-8)12-10(15)13(9)4-6(17)5-16/h1-3,6,16-17H,4-5H2,(H,12,15)/t6-/m1/s1. The molecule has 0 spiro atoms. The molecule has 0 aliphatic carbocycles. The molecule has 0 amide bonds. The third-order valence-corrected chi connectivity index (χ3v) is 3.42. The van der Waals surface area contributed by atoms with Crippen LogP contribution >= 0.6 is 25.3 Å². The molecule has 1 atom stereocenters. The van der Waals surface area contributed by atoms with Gasteiger partial charge >= 0.3 is 5.69 Å². The van der Waals surface area contributed by atoms with Gasteiger partial charge in [-0.3, -0.25) is 9.36 Å². The zero-order valence-electron chi connectivity index (χ0n) is 8.83. The Labute approximate surface area is 108 Å². The SMILES string of the molecule is O=c1[nH]c2cccnc2c(=O)n1C[C@@H](S)CS. The predicted octanol–water partition coefficient (Wildman–Crippen LogP) is 0.313. The summed E-state index contributed by atoms with van der Waals surface area (Å²) in [6.45, 7) is 0.216. The molecule has 0 aliphatic rings. The van der Waals surface area contributed by atoms with Crippen LogP contribution in [0, 0.1) is 0 Å². The van der Waals surface area contributed by atoms with E-state index in [0.717, 1.165) is 4.57 Å². The van der Waals surface area contributed by atoms with Gasteiger partial charge in [-0.2, -0.15) is 25.3 Å². The summed E-state index contributed by atoms with van der Waals surface area (Å²) in [7, 11) is 0. The lowest BCUT2D eigenvalue weighted by molar-refractivity contribution is 0.638. The van der Waals surface area contributed by atoms with E-state index in [-0.39, 0.29) is 17.3 Å². The van der Waals surface area contributed by atoms with Crippen LogP contribution in [0.1, 0.15) is 0 Å². The molecule has 0 fully saturated rings. The number of aromatic amines is 1. The van der Waals surface area contributed by atoms with E-state index in [0.29, 0.717) is 11.3 Å². The first kappa shape index (κ1) is 12.3. The number of hydrogen-bond acceptors (Lipinski definition) is 5. The fraction of sp³-hybridized carbons (Fsp3) is 0.300. The highest BCUT2D eigenvalue weighted by molar-refractivity contribution is 7.84. The molecule has 0 radical (unpaired) electrons. The Morgan fingerprint density at radius 2 is 2.24 bits per heavy atom. The molecule has 5 nitrogen and oxygen atoms in total. The third kappa shape index (κ3) is 2.39. The lowest BCUT2D eigenvalue weighted by Crippen LogP contribution is -2.38. The van der Waals surface area contributed by atoms with Crippen LogP contribution in [-0.4, -0.2) is 25.5 Å². The Kier molecular flexibility index (Phi) is 3.58. The highest BCUT2D eigenvalue weighted by Crippen LogP contribution is 2.02. The number of rotatable bonds is 3. The summed E-state index contributed by atoms with van der Waals surface area (Å²) >= 11 is 8.29. The molecular formula is C10H11N3O2S2. The topological polar surface area (TPSA) is 67.8 Å². The van der Waals surface area contributed by atoms with E-state index in [2.05, 4.69) is 35.2 Å². The minimum atomic E-state index is -0.448. The van der Waals surface area contributed by atoms with Crippen molar-refractivity contribution < 1.29 is 0 Å². The van der Waals surface area contributed by atoms with E-state index in [1.54, 1.807) is 12.1 Å². The Morgan fingerprint density at radius 1 is 1.47 bits per heavy atom. The van der Waals surface area contributed by atoms with Crippen molar-refractivity contribution in [2.24, 2.45) is 0 Å². The van der Waals surface area contributed by atoms with Gasteiger partial charge in [-0.1, -0.05) is 0 Å². The number of aromatic nitrogens is 3. The fourth-order valence-corrected chi connectivity index (χ4v) is 1.79. The number of nitrogens with zero attached hydrogens (tertiary/aromatic N) is 2. The maximum absolute atomic E-state index is 12.0. The number of pyridine rings is 1. The van der Waals surface area contributed by atoms with Crippen LogP contribution in [0.4, 0.5) is 0 Å². The van der Waals surface area contributed by atoms with E-state index in [1.807, 2.05) is 0 Å². The Balaban J connectivity index is 2.64. The van der Waals surface area contributed by atoms with Crippen molar-refractivity contribution in [3.63, 3.8) is 0 Å². The molecule has 2 heterocycles. The van der Waals surface area contributed by atoms with Gasteiger partial charge in [-0.05, 0) is 12.1 Å². The van der Waals surface area contributed by atoms with Crippen LogP contribution in [-0.2, 0) is 6.54 Å². The molecule has 2 aromatic rings. The van der Waals surface area contributed by atoms with Crippen LogP contribution in [0.5, 0.6) is 0 Å². The average molecular weight is 269 g/mol. The summed E-state index contributed by atoms with van der Waals surface area (Å²) < 4.78 is 1.10. The van der Waals surface area contributed by atoms with Crippen molar-refractivity contribution in [2.75, 3.05) is 5.75 Å². The molecule has 2 rings (SSSR count). The number of thiol groups is 2. The number of nitrogens with one attached hydrogen (secondary N) is 1. The summed E-state index contributed by atoms with van der Waals surface area (Å²) in [4.78, 5) is 30.3. The second-order valence-corrected chi connectivity index (χ2v) is 4.68. The first-order valence-electron chi connectivity index (χ1n) is 5.00. The van der Waals surface area contributed by atoms with Crippen LogP contribution in [0.15, 0.2) is 27.9 Å². The zero-order valence-corrected chi connectivity index (χ0v) is 10.6. The molecule has 0 aromatic carbocycles. The molecule has 7 heteroatoms. The predicted molar refractivity (Wildman–Crippen MR) is 73.3 cm³/mol. The quantitative estimate of drug-likeness (QED) is 0.703. The minimum Gasteiger partial charge on any atom is -0.305 e. The summed E-state index contributed by atoms with van der Waals surface area (Å²) in [5.41, 5.74) is -0.145. The maximum Gasteiger partial charge on any atom is 0.328 e. The van der Waals surface area contributed by atoms with Gasteiger partial charge < -0.3 is 4.98 Å². The summed E-state index contributed by atoms with van der Waals surface area (Å²) in [5, 5.41) is -0.154. The lowest BCUT2D eigenvalue weighted by atomic mass is 10.3. The Bertz CT molecular complexity index is 650. The minimum absolute atomic E-state index is 0.154. The van der Waals surface area contributed by atoms with Crippen LogP contribution in [0.3, 0.4) is 0 Å². The smallest absolute Gasteiger partial charge is 0.305 e. The lowest BCUT2D eigenvalue weighted by Gasteiger charge is -2.09. The Morgan fingerprint density at radius 3 is 2.94 bits per heavy atom. The van der Waals surface area contributed by atoms with Crippen molar-refractivity contribution in [3.05, 3.63) is 39.2 Å². The van der Waals surface area contributed by atoms with E-state index >= 15 is 0 Å². The van der Waals surface area contributed by atoms with Gasteiger partial charge in [-0.25, -0.2) is 9.78 Å². The highest BCUT2D eigenvalue weighted by Gasteiger charge is 2.10. The first-order chi connectivity index (χ1) is 8.13. The molecule has 1 N–H and O–H groups in total. The first-order valence-corrected chi connectivity index (χ1v) is 6.15. The highest BCUT2D eigenvalue weighted by atomic mass is 32.1. The van der Waals surface area contributed by atoms with Crippen molar-refractivity contribution in [3.8, 4) is 0 Å². The van der Waals surface area contributed by atoms with Gasteiger partial charge in [0.15, 0.2) is 5.52 Å². The Hall–Kier alpha value is -1.21. The van der Waals surface area contributed by atoms with Crippen LogP contribution < -0.4 is 11.2 Å². The van der Waals surface area contributed by atoms with Gasteiger partial charge in [0.2, 0.25) is 0 Å². The molecule has 0 unspecified atom stereocenters. The molecule has 0 aliphatic heterocycles. The average Bonchev–Trinajstić information content (AvgIpc) is 2.34. The van der Waals surface area contributed by atoms with Gasteiger partial charge in [0.25, 0.3) is 5.56 Å².